The third-order valence-corrected chi connectivity index (χ3v) is 3.63. The van der Waals surface area contributed by atoms with Gasteiger partial charge in [-0.05, 0) is 6.07 Å². The minimum Gasteiger partial charge on any atom is -0.314 e. The van der Waals surface area contributed by atoms with Crippen LogP contribution in [0.25, 0.3) is 0 Å². The largest absolute Gasteiger partial charge is 0.314 e. The fraction of sp³-hybridized carbons (Fsp3) is 0.538. The van der Waals surface area contributed by atoms with Crippen molar-refractivity contribution in [2.24, 2.45) is 0 Å². The van der Waals surface area contributed by atoms with E-state index in [9.17, 15) is 13.2 Å². The summed E-state index contributed by atoms with van der Waals surface area (Å²) >= 11 is 5.74. The molecule has 1 saturated heterocycles. The number of hydrogen-bond acceptors (Lipinski definition) is 2. The molecule has 0 aromatic heterocycles. The highest BCUT2D eigenvalue weighted by atomic mass is 35.5. The van der Waals surface area contributed by atoms with Crippen molar-refractivity contribution in [2.45, 2.75) is 18.9 Å². The summed E-state index contributed by atoms with van der Waals surface area (Å²) in [4.78, 5) is 1.89. The Balaban J connectivity index is 0.00000200. The lowest BCUT2D eigenvalue weighted by atomic mass is 10.0. The third-order valence-electron chi connectivity index (χ3n) is 3.33. The molecule has 114 valence electrons. The van der Waals surface area contributed by atoms with Crippen molar-refractivity contribution in [1.29, 1.82) is 0 Å². The zero-order chi connectivity index (χ0) is 13.8. The minimum atomic E-state index is -2.47. The molecule has 0 bridgehead atoms. The van der Waals surface area contributed by atoms with Crippen LogP contribution in [0.4, 0.5) is 13.2 Å². The Morgan fingerprint density at radius 2 is 1.90 bits per heavy atom. The number of nitrogens with zero attached hydrogens (tertiary/aromatic N) is 1. The zero-order valence-electron chi connectivity index (χ0n) is 10.8. The molecule has 20 heavy (non-hydrogen) atoms. The van der Waals surface area contributed by atoms with E-state index in [2.05, 4.69) is 5.32 Å². The lowest BCUT2D eigenvalue weighted by molar-refractivity contribution is 0.0725. The van der Waals surface area contributed by atoms with E-state index in [-0.39, 0.29) is 29.4 Å². The van der Waals surface area contributed by atoms with Crippen LogP contribution in [0.15, 0.2) is 18.2 Å². The molecular weight excluding hydrogens is 312 g/mol. The number of rotatable bonds is 4. The summed E-state index contributed by atoms with van der Waals surface area (Å²) in [5, 5.41) is 3.13. The summed E-state index contributed by atoms with van der Waals surface area (Å²) in [7, 11) is 0. The molecule has 1 aromatic carbocycles. The SMILES string of the molecule is Cl.Fc1c(Cl)cccc1[C@@H](CC(F)F)N1CCNCC1. The highest BCUT2D eigenvalue weighted by Crippen LogP contribution is 2.31. The van der Waals surface area contributed by atoms with Gasteiger partial charge < -0.3 is 5.32 Å². The molecule has 0 amide bonds. The van der Waals surface area contributed by atoms with Crippen LogP contribution in [0.5, 0.6) is 0 Å². The summed E-state index contributed by atoms with van der Waals surface area (Å²) in [6.07, 6.45) is -2.85. The molecule has 0 spiro atoms. The Kier molecular flexibility index (Phi) is 7.09. The molecule has 1 fully saturated rings. The van der Waals surface area contributed by atoms with Gasteiger partial charge in [-0.15, -0.1) is 12.4 Å². The molecular formula is C13H17Cl2F3N2. The second kappa shape index (κ2) is 8.08. The standard InChI is InChI=1S/C13H16ClF3N2.ClH/c14-10-3-1-2-9(13(10)17)11(8-12(15)16)19-6-4-18-5-7-19;/h1-3,11-12,18H,4-8H2;1H/t11-;/m1./s1. The van der Waals surface area contributed by atoms with Crippen LogP contribution in [-0.2, 0) is 0 Å². The van der Waals surface area contributed by atoms with Crippen molar-refractivity contribution in [3.63, 3.8) is 0 Å². The molecule has 0 aliphatic carbocycles. The van der Waals surface area contributed by atoms with Gasteiger partial charge in [0.15, 0.2) is 0 Å². The van der Waals surface area contributed by atoms with Crippen LogP contribution < -0.4 is 5.32 Å². The maximum atomic E-state index is 14.0. The topological polar surface area (TPSA) is 15.3 Å². The number of piperazine rings is 1. The molecule has 1 heterocycles. The van der Waals surface area contributed by atoms with Crippen LogP contribution in [0.2, 0.25) is 5.02 Å². The van der Waals surface area contributed by atoms with Gasteiger partial charge in [-0.2, -0.15) is 0 Å². The number of nitrogens with one attached hydrogen (secondary N) is 1. The van der Waals surface area contributed by atoms with Crippen molar-refractivity contribution >= 4 is 24.0 Å². The quantitative estimate of drug-likeness (QED) is 0.910. The Morgan fingerprint density at radius 3 is 2.50 bits per heavy atom. The van der Waals surface area contributed by atoms with Gasteiger partial charge in [0.2, 0.25) is 6.43 Å². The van der Waals surface area contributed by atoms with E-state index in [0.717, 1.165) is 13.1 Å². The molecule has 2 rings (SSSR count). The van der Waals surface area contributed by atoms with Crippen LogP contribution in [0, 0.1) is 5.82 Å². The molecule has 0 saturated carbocycles. The fourth-order valence-electron chi connectivity index (χ4n) is 2.41. The first kappa shape index (κ1) is 17.6. The molecule has 1 aromatic rings. The predicted molar refractivity (Wildman–Crippen MR) is 76.5 cm³/mol. The summed E-state index contributed by atoms with van der Waals surface area (Å²) < 4.78 is 39.6. The van der Waals surface area contributed by atoms with Gasteiger partial charge in [0.25, 0.3) is 0 Å². The Labute approximate surface area is 127 Å². The van der Waals surface area contributed by atoms with Gasteiger partial charge in [-0.25, -0.2) is 13.2 Å². The lowest BCUT2D eigenvalue weighted by Gasteiger charge is -2.35. The summed E-state index contributed by atoms with van der Waals surface area (Å²) in [5.74, 6) is -0.589. The van der Waals surface area contributed by atoms with E-state index in [1.165, 1.54) is 12.1 Å². The number of halogens is 5. The average Bonchev–Trinajstić information content (AvgIpc) is 2.40. The monoisotopic (exact) mass is 328 g/mol. The summed E-state index contributed by atoms with van der Waals surface area (Å²) in [5.41, 5.74) is 0.259. The minimum absolute atomic E-state index is 0. The maximum absolute atomic E-state index is 14.0. The van der Waals surface area contributed by atoms with Crippen LogP contribution in [0.1, 0.15) is 18.0 Å². The Morgan fingerprint density at radius 1 is 1.25 bits per heavy atom. The average molecular weight is 329 g/mol. The van der Waals surface area contributed by atoms with Crippen molar-refractivity contribution in [3.05, 3.63) is 34.6 Å². The number of benzene rings is 1. The van der Waals surface area contributed by atoms with Crippen molar-refractivity contribution in [2.75, 3.05) is 26.2 Å². The van der Waals surface area contributed by atoms with Crippen molar-refractivity contribution < 1.29 is 13.2 Å². The third kappa shape index (κ3) is 4.25. The van der Waals surface area contributed by atoms with Gasteiger partial charge in [0.1, 0.15) is 5.82 Å². The van der Waals surface area contributed by atoms with Gasteiger partial charge in [0.05, 0.1) is 5.02 Å². The first-order valence-electron chi connectivity index (χ1n) is 6.26. The first-order valence-corrected chi connectivity index (χ1v) is 6.64. The first-order chi connectivity index (χ1) is 9.09. The molecule has 7 heteroatoms. The second-order valence-corrected chi connectivity index (χ2v) is 4.98. The van der Waals surface area contributed by atoms with E-state index in [1.54, 1.807) is 6.07 Å². The second-order valence-electron chi connectivity index (χ2n) is 4.57. The van der Waals surface area contributed by atoms with E-state index in [0.29, 0.717) is 13.1 Å². The lowest BCUT2D eigenvalue weighted by Crippen LogP contribution is -2.45. The van der Waals surface area contributed by atoms with Crippen LogP contribution in [-0.4, -0.2) is 37.5 Å². The van der Waals surface area contributed by atoms with Gasteiger partial charge in [-0.1, -0.05) is 23.7 Å². The van der Waals surface area contributed by atoms with Crippen LogP contribution >= 0.6 is 24.0 Å². The van der Waals surface area contributed by atoms with Crippen LogP contribution in [0.3, 0.4) is 0 Å². The molecule has 0 unspecified atom stereocenters. The van der Waals surface area contributed by atoms with E-state index in [1.807, 2.05) is 4.90 Å². The zero-order valence-corrected chi connectivity index (χ0v) is 12.4. The van der Waals surface area contributed by atoms with Crippen molar-refractivity contribution in [3.8, 4) is 0 Å². The number of alkyl halides is 2. The molecule has 0 radical (unpaired) electrons. The summed E-state index contributed by atoms with van der Waals surface area (Å²) in [6.45, 7) is 2.70. The van der Waals surface area contributed by atoms with E-state index < -0.39 is 18.3 Å². The Bertz CT molecular complexity index is 426. The predicted octanol–water partition coefficient (Wildman–Crippen LogP) is 3.50. The molecule has 1 aliphatic rings. The number of hydrogen-bond donors (Lipinski definition) is 1. The van der Waals surface area contributed by atoms with Gasteiger partial charge >= 0.3 is 0 Å². The van der Waals surface area contributed by atoms with Gasteiger partial charge in [0, 0.05) is 44.2 Å². The van der Waals surface area contributed by atoms with E-state index >= 15 is 0 Å². The fourth-order valence-corrected chi connectivity index (χ4v) is 2.59. The van der Waals surface area contributed by atoms with E-state index in [4.69, 9.17) is 11.6 Å². The molecule has 1 aliphatic heterocycles. The van der Waals surface area contributed by atoms with Gasteiger partial charge in [-0.3, -0.25) is 4.90 Å². The maximum Gasteiger partial charge on any atom is 0.240 e. The molecule has 1 atom stereocenters. The summed E-state index contributed by atoms with van der Waals surface area (Å²) in [6, 6.07) is 3.94. The highest BCUT2D eigenvalue weighted by Gasteiger charge is 2.28. The van der Waals surface area contributed by atoms with Crippen molar-refractivity contribution in [1.82, 2.24) is 10.2 Å². The molecule has 2 nitrogen and oxygen atoms in total. The molecule has 1 N–H and O–H groups in total. The normalized spacial score (nSPS) is 17.9. The highest BCUT2D eigenvalue weighted by molar-refractivity contribution is 6.30. The Hall–Kier alpha value is -0.490. The smallest absolute Gasteiger partial charge is 0.240 e.